The summed E-state index contributed by atoms with van der Waals surface area (Å²) in [5, 5.41) is 15.4. The van der Waals surface area contributed by atoms with Gasteiger partial charge in [0.1, 0.15) is 29.3 Å². The fraction of sp³-hybridized carbons (Fsp3) is 0.607. The smallest absolute Gasteiger partial charge is 0.408 e. The number of carbonyl (C=O) groups is 4. The molecule has 1 aromatic rings. The summed E-state index contributed by atoms with van der Waals surface area (Å²) in [5.74, 6) is -2.04. The van der Waals surface area contributed by atoms with Crippen LogP contribution in [0.15, 0.2) is 36.5 Å². The van der Waals surface area contributed by atoms with Gasteiger partial charge >= 0.3 is 12.1 Å². The Kier molecular flexibility index (Phi) is 8.46. The van der Waals surface area contributed by atoms with Crippen molar-refractivity contribution in [2.45, 2.75) is 95.0 Å². The van der Waals surface area contributed by atoms with Crippen molar-refractivity contribution in [1.29, 1.82) is 0 Å². The first-order valence-electron chi connectivity index (χ1n) is 13.6. The van der Waals surface area contributed by atoms with E-state index in [2.05, 4.69) is 15.6 Å². The third-order valence-corrected chi connectivity index (χ3v) is 7.24. The lowest BCUT2D eigenvalue weighted by Gasteiger charge is -2.30. The first kappa shape index (κ1) is 28.4. The molecule has 3 N–H and O–H groups in total. The first-order chi connectivity index (χ1) is 18.5. The van der Waals surface area contributed by atoms with Gasteiger partial charge in [0.15, 0.2) is 0 Å². The van der Waals surface area contributed by atoms with Gasteiger partial charge in [-0.15, -0.1) is 0 Å². The number of amides is 3. The third kappa shape index (κ3) is 7.07. The Morgan fingerprint density at radius 1 is 1.21 bits per heavy atom. The molecule has 0 spiro atoms. The molecule has 11 heteroatoms. The molecule has 3 heterocycles. The lowest BCUT2D eigenvalue weighted by atomic mass is 10.0. The number of rotatable bonds is 4. The highest BCUT2D eigenvalue weighted by molar-refractivity contribution is 5.96. The molecule has 5 unspecified atom stereocenters. The molecular weight excluding hydrogens is 504 g/mol. The molecule has 0 bridgehead atoms. The number of carbonyl (C=O) groups excluding carboxylic acids is 3. The van der Waals surface area contributed by atoms with Gasteiger partial charge in [0.05, 0.1) is 6.54 Å². The maximum absolute atomic E-state index is 13.9. The fourth-order valence-electron chi connectivity index (χ4n) is 5.18. The summed E-state index contributed by atoms with van der Waals surface area (Å²) in [6, 6.07) is 3.33. The number of carboxylic acid groups (broad SMARTS) is 1. The minimum Gasteiger partial charge on any atom is -0.479 e. The summed E-state index contributed by atoms with van der Waals surface area (Å²) in [6.07, 6.45) is 8.10. The third-order valence-electron chi connectivity index (χ3n) is 7.24. The van der Waals surface area contributed by atoms with Gasteiger partial charge < -0.3 is 30.1 Å². The van der Waals surface area contributed by atoms with Crippen LogP contribution >= 0.6 is 0 Å². The number of hydrogen-bond acceptors (Lipinski definition) is 7. The van der Waals surface area contributed by atoms with E-state index in [9.17, 15) is 24.3 Å². The number of fused-ring (bicyclic) bond motifs is 2. The number of nitrogens with zero attached hydrogens (tertiary/aromatic N) is 2. The van der Waals surface area contributed by atoms with Crippen LogP contribution < -0.4 is 15.4 Å². The molecule has 1 aromatic heterocycles. The minimum absolute atomic E-state index is 0.0867. The van der Waals surface area contributed by atoms with Crippen molar-refractivity contribution >= 4 is 23.9 Å². The molecule has 5 atom stereocenters. The van der Waals surface area contributed by atoms with Crippen LogP contribution in [0.2, 0.25) is 0 Å². The topological polar surface area (TPSA) is 147 Å². The van der Waals surface area contributed by atoms with Crippen LogP contribution in [0, 0.1) is 5.92 Å². The number of carboxylic acids is 1. The van der Waals surface area contributed by atoms with Crippen LogP contribution in [-0.4, -0.2) is 74.7 Å². The number of ether oxygens (including phenoxy) is 2. The Bertz CT molecular complexity index is 1100. The molecule has 3 aliphatic rings. The molecule has 212 valence electrons. The maximum atomic E-state index is 13.9. The summed E-state index contributed by atoms with van der Waals surface area (Å²) < 4.78 is 11.4. The van der Waals surface area contributed by atoms with Crippen LogP contribution in [-0.2, 0) is 19.1 Å². The zero-order chi connectivity index (χ0) is 28.2. The van der Waals surface area contributed by atoms with Crippen LogP contribution in [0.5, 0.6) is 5.88 Å². The van der Waals surface area contributed by atoms with Crippen LogP contribution in [0.1, 0.15) is 65.7 Å². The molecule has 1 saturated carbocycles. The maximum Gasteiger partial charge on any atom is 0.408 e. The van der Waals surface area contributed by atoms with Gasteiger partial charge in [-0.2, -0.15) is 0 Å². The monoisotopic (exact) mass is 542 g/mol. The average molecular weight is 543 g/mol. The summed E-state index contributed by atoms with van der Waals surface area (Å²) >= 11 is 0. The summed E-state index contributed by atoms with van der Waals surface area (Å²) in [6.45, 7) is 5.30. The highest BCUT2D eigenvalue weighted by Crippen LogP contribution is 2.45. The molecule has 2 fully saturated rings. The Hall–Kier alpha value is -3.63. The number of aromatic nitrogens is 1. The summed E-state index contributed by atoms with van der Waals surface area (Å²) in [4.78, 5) is 57.8. The largest absolute Gasteiger partial charge is 0.479 e. The van der Waals surface area contributed by atoms with E-state index in [4.69, 9.17) is 9.47 Å². The predicted molar refractivity (Wildman–Crippen MR) is 141 cm³/mol. The molecule has 39 heavy (non-hydrogen) atoms. The molecule has 1 saturated heterocycles. The number of pyridine rings is 1. The van der Waals surface area contributed by atoms with E-state index in [1.165, 1.54) is 4.90 Å². The van der Waals surface area contributed by atoms with Crippen molar-refractivity contribution in [2.75, 3.05) is 6.54 Å². The van der Waals surface area contributed by atoms with Gasteiger partial charge in [0.2, 0.25) is 17.7 Å². The Morgan fingerprint density at radius 3 is 2.69 bits per heavy atom. The van der Waals surface area contributed by atoms with Gasteiger partial charge in [0.25, 0.3) is 0 Å². The van der Waals surface area contributed by atoms with Gasteiger partial charge in [-0.25, -0.2) is 14.6 Å². The Labute approximate surface area is 228 Å². The van der Waals surface area contributed by atoms with E-state index in [1.807, 2.05) is 12.2 Å². The zero-order valence-corrected chi connectivity index (χ0v) is 22.7. The highest BCUT2D eigenvalue weighted by Gasteiger charge is 2.61. The first-order valence-corrected chi connectivity index (χ1v) is 13.6. The molecular formula is C28H38N4O7. The predicted octanol–water partition coefficient (Wildman–Crippen LogP) is 2.80. The molecule has 4 rings (SSSR count). The fourth-order valence-corrected chi connectivity index (χ4v) is 5.18. The molecule has 0 aromatic carbocycles. The Morgan fingerprint density at radius 2 is 2.00 bits per heavy atom. The quantitative estimate of drug-likeness (QED) is 0.492. The van der Waals surface area contributed by atoms with Gasteiger partial charge in [-0.1, -0.05) is 31.1 Å². The lowest BCUT2D eigenvalue weighted by Crippen LogP contribution is -2.56. The molecule has 1 aliphatic carbocycles. The van der Waals surface area contributed by atoms with Crippen LogP contribution in [0.4, 0.5) is 4.79 Å². The average Bonchev–Trinajstić information content (AvgIpc) is 3.39. The summed E-state index contributed by atoms with van der Waals surface area (Å²) in [7, 11) is 0. The van der Waals surface area contributed by atoms with Crippen LogP contribution in [0.25, 0.3) is 0 Å². The van der Waals surface area contributed by atoms with Crippen molar-refractivity contribution in [1.82, 2.24) is 20.5 Å². The number of alkyl carbamates (subject to hydrolysis) is 1. The van der Waals surface area contributed by atoms with Crippen molar-refractivity contribution < 1.29 is 33.8 Å². The molecule has 2 aliphatic heterocycles. The number of allylic oxidation sites excluding steroid dienone is 1. The van der Waals surface area contributed by atoms with E-state index in [0.717, 1.165) is 19.3 Å². The minimum atomic E-state index is -1.39. The van der Waals surface area contributed by atoms with E-state index in [-0.39, 0.29) is 18.9 Å². The lowest BCUT2D eigenvalue weighted by molar-refractivity contribution is -0.145. The van der Waals surface area contributed by atoms with Gasteiger partial charge in [-0.05, 0) is 52.5 Å². The van der Waals surface area contributed by atoms with Crippen molar-refractivity contribution in [3.05, 3.63) is 36.5 Å². The molecule has 11 nitrogen and oxygen atoms in total. The van der Waals surface area contributed by atoms with Gasteiger partial charge in [0, 0.05) is 24.6 Å². The SMILES string of the molecule is CC(C)(C)OC(=O)NC1CCCCC/C=C/C2CC2(C(=O)O)NC(=O)C2CC(Oc3ccccn3)CN2C1=O. The van der Waals surface area contributed by atoms with E-state index >= 15 is 0 Å². The molecule has 0 radical (unpaired) electrons. The zero-order valence-electron chi connectivity index (χ0n) is 22.7. The van der Waals surface area contributed by atoms with E-state index in [1.54, 1.807) is 45.2 Å². The summed E-state index contributed by atoms with van der Waals surface area (Å²) in [5.41, 5.74) is -2.14. The second-order valence-electron chi connectivity index (χ2n) is 11.5. The molecule has 3 amide bonds. The van der Waals surface area contributed by atoms with E-state index in [0.29, 0.717) is 25.1 Å². The second kappa shape index (κ2) is 11.6. The normalized spacial score (nSPS) is 30.5. The van der Waals surface area contributed by atoms with Crippen molar-refractivity contribution in [2.24, 2.45) is 5.92 Å². The second-order valence-corrected chi connectivity index (χ2v) is 11.5. The number of hydrogen-bond donors (Lipinski definition) is 3. The Balaban J connectivity index is 1.60. The van der Waals surface area contributed by atoms with Crippen LogP contribution in [0.3, 0.4) is 0 Å². The highest BCUT2D eigenvalue weighted by atomic mass is 16.6. The standard InChI is InChI=1S/C28H38N4O7/c1-27(2,3)39-26(37)30-20-12-8-6-4-5-7-11-18-16-28(18,25(35)36)31-23(33)21-15-19(17-32(21)24(20)34)38-22-13-9-10-14-29-22/h7,9-11,13-14,18-21H,4-6,8,12,15-17H2,1-3H3,(H,30,37)(H,31,33)(H,35,36)/b11-7+. The van der Waals surface area contributed by atoms with Gasteiger partial charge in [-0.3, -0.25) is 9.59 Å². The number of nitrogens with one attached hydrogen (secondary N) is 2. The number of aliphatic carboxylic acids is 1. The van der Waals surface area contributed by atoms with Crippen molar-refractivity contribution in [3.8, 4) is 5.88 Å². The van der Waals surface area contributed by atoms with E-state index < -0.39 is 53.2 Å². The van der Waals surface area contributed by atoms with Crippen molar-refractivity contribution in [3.63, 3.8) is 0 Å².